The average molecular weight is 315 g/mol. The molecule has 0 unspecified atom stereocenters. The van der Waals surface area contributed by atoms with Crippen LogP contribution in [0.2, 0.25) is 18.1 Å². The zero-order valence-electron chi connectivity index (χ0n) is 14.5. The predicted molar refractivity (Wildman–Crippen MR) is 93.1 cm³/mol. The number of rotatable bonds is 12. The van der Waals surface area contributed by atoms with E-state index in [1.807, 2.05) is 6.92 Å². The number of hydrogen-bond donors (Lipinski definition) is 1. The summed E-state index contributed by atoms with van der Waals surface area (Å²) in [5.41, 5.74) is -0.987. The van der Waals surface area contributed by atoms with Crippen molar-refractivity contribution in [3.05, 3.63) is 25.3 Å². The topological polar surface area (TPSA) is 38.7 Å². The van der Waals surface area contributed by atoms with E-state index in [1.54, 1.807) is 19.1 Å². The molecule has 0 saturated heterocycles. The molecule has 0 aliphatic heterocycles. The van der Waals surface area contributed by atoms with Crippen molar-refractivity contribution in [2.75, 3.05) is 6.61 Å². The Morgan fingerprint density at radius 2 is 1.67 bits per heavy atom. The molecule has 0 bridgehead atoms. The van der Waals surface area contributed by atoms with Gasteiger partial charge in [-0.15, -0.1) is 13.2 Å². The van der Waals surface area contributed by atoms with E-state index in [0.29, 0.717) is 13.0 Å². The molecular weight excluding hydrogens is 280 g/mol. The van der Waals surface area contributed by atoms with E-state index in [4.69, 9.17) is 9.16 Å². The van der Waals surface area contributed by atoms with Gasteiger partial charge in [-0.1, -0.05) is 32.9 Å². The van der Waals surface area contributed by atoms with Crippen molar-refractivity contribution in [1.29, 1.82) is 0 Å². The molecule has 1 N–H and O–H groups in total. The Morgan fingerprint density at radius 3 is 2.05 bits per heavy atom. The first-order valence-electron chi connectivity index (χ1n) is 8.06. The van der Waals surface area contributed by atoms with Crippen molar-refractivity contribution < 1.29 is 14.3 Å². The highest BCUT2D eigenvalue weighted by Crippen LogP contribution is 2.29. The van der Waals surface area contributed by atoms with E-state index >= 15 is 0 Å². The number of hydrogen-bond acceptors (Lipinski definition) is 3. The van der Waals surface area contributed by atoms with Crippen LogP contribution in [-0.4, -0.2) is 37.8 Å². The van der Waals surface area contributed by atoms with Crippen molar-refractivity contribution in [3.63, 3.8) is 0 Å². The Labute approximate surface area is 132 Å². The average Bonchev–Trinajstić information content (AvgIpc) is 2.45. The zero-order chi connectivity index (χ0) is 16.5. The van der Waals surface area contributed by atoms with E-state index < -0.39 is 13.9 Å². The molecule has 0 aromatic rings. The first kappa shape index (κ1) is 20.6. The molecule has 0 amide bonds. The maximum Gasteiger partial charge on any atom is 0.192 e. The monoisotopic (exact) mass is 314 g/mol. The Balaban J connectivity index is 5.13. The normalized spacial score (nSPS) is 17.8. The fourth-order valence-electron chi connectivity index (χ4n) is 2.86. The van der Waals surface area contributed by atoms with Crippen molar-refractivity contribution >= 4 is 8.32 Å². The van der Waals surface area contributed by atoms with Gasteiger partial charge in [0.05, 0.1) is 18.3 Å². The summed E-state index contributed by atoms with van der Waals surface area (Å²) in [5, 5.41) is 10.7. The molecule has 0 aromatic heterocycles. The van der Waals surface area contributed by atoms with Crippen molar-refractivity contribution in [2.45, 2.75) is 77.0 Å². The molecule has 124 valence electrons. The molecule has 0 radical (unpaired) electrons. The van der Waals surface area contributed by atoms with E-state index in [9.17, 15) is 5.11 Å². The molecule has 0 aliphatic carbocycles. The Kier molecular flexibility index (Phi) is 9.37. The van der Waals surface area contributed by atoms with E-state index in [1.165, 1.54) is 0 Å². The van der Waals surface area contributed by atoms with Gasteiger partial charge in [-0.3, -0.25) is 0 Å². The van der Waals surface area contributed by atoms with E-state index in [-0.39, 0.29) is 12.2 Å². The van der Waals surface area contributed by atoms with Gasteiger partial charge in [0.1, 0.15) is 6.10 Å². The maximum atomic E-state index is 10.7. The van der Waals surface area contributed by atoms with Crippen LogP contribution in [-0.2, 0) is 9.16 Å². The second-order valence-electron chi connectivity index (χ2n) is 5.96. The molecule has 0 rings (SSSR count). The molecule has 0 spiro atoms. The highest BCUT2D eigenvalue weighted by molar-refractivity contribution is 6.73. The Morgan fingerprint density at radius 1 is 1.14 bits per heavy atom. The van der Waals surface area contributed by atoms with Gasteiger partial charge in [-0.25, -0.2) is 0 Å². The lowest BCUT2D eigenvalue weighted by Crippen LogP contribution is -2.52. The van der Waals surface area contributed by atoms with Crippen molar-refractivity contribution in [2.24, 2.45) is 0 Å². The largest absolute Gasteiger partial charge is 0.411 e. The minimum atomic E-state index is -1.73. The third-order valence-electron chi connectivity index (χ3n) is 4.36. The molecule has 0 aromatic carbocycles. The first-order chi connectivity index (χ1) is 9.82. The van der Waals surface area contributed by atoms with Crippen molar-refractivity contribution in [1.82, 2.24) is 0 Å². The SMILES string of the molecule is C=CCO[C@@H]([C@H](C)O[Si](CC)(CC)CC)[C@@](C)(O)CC=C. The van der Waals surface area contributed by atoms with E-state index in [0.717, 1.165) is 18.1 Å². The minimum Gasteiger partial charge on any atom is -0.411 e. The molecule has 3 nitrogen and oxygen atoms in total. The second kappa shape index (κ2) is 9.56. The molecular formula is C17H34O3Si. The maximum absolute atomic E-state index is 10.7. The summed E-state index contributed by atoms with van der Waals surface area (Å²) in [6.07, 6.45) is 3.37. The highest BCUT2D eigenvalue weighted by atomic mass is 28.4. The predicted octanol–water partition coefficient (Wildman–Crippen LogP) is 4.30. The summed E-state index contributed by atoms with van der Waals surface area (Å²) in [6, 6.07) is 3.26. The third kappa shape index (κ3) is 6.07. The second-order valence-corrected chi connectivity index (χ2v) is 10.7. The number of aliphatic hydroxyl groups is 1. The molecule has 0 heterocycles. The van der Waals surface area contributed by atoms with Gasteiger partial charge in [0.15, 0.2) is 8.32 Å². The fourth-order valence-corrected chi connectivity index (χ4v) is 5.77. The lowest BCUT2D eigenvalue weighted by molar-refractivity contribution is -0.131. The number of ether oxygens (including phenoxy) is 1. The molecule has 0 saturated carbocycles. The van der Waals surface area contributed by atoms with Crippen LogP contribution >= 0.6 is 0 Å². The lowest BCUT2D eigenvalue weighted by atomic mass is 9.91. The van der Waals surface area contributed by atoms with Gasteiger partial charge in [-0.05, 0) is 38.4 Å². The van der Waals surface area contributed by atoms with Gasteiger partial charge in [0, 0.05) is 0 Å². The summed E-state index contributed by atoms with van der Waals surface area (Å²) >= 11 is 0. The van der Waals surface area contributed by atoms with Crippen LogP contribution in [0.4, 0.5) is 0 Å². The molecule has 0 aliphatic rings. The van der Waals surface area contributed by atoms with Gasteiger partial charge >= 0.3 is 0 Å². The first-order valence-corrected chi connectivity index (χ1v) is 10.6. The summed E-state index contributed by atoms with van der Waals surface area (Å²) in [7, 11) is -1.73. The van der Waals surface area contributed by atoms with E-state index in [2.05, 4.69) is 33.9 Å². The summed E-state index contributed by atoms with van der Waals surface area (Å²) < 4.78 is 12.3. The van der Waals surface area contributed by atoms with Gasteiger partial charge in [-0.2, -0.15) is 0 Å². The standard InChI is InChI=1S/C17H34O3Si/c1-8-13-17(7,18)16(19-14-9-2)15(6)20-21(10-3,11-4)12-5/h8-9,15-16,18H,1-2,10-14H2,3-7H3/t15-,16-,17-/m0/s1. The van der Waals surface area contributed by atoms with Crippen LogP contribution in [0.15, 0.2) is 25.3 Å². The molecule has 0 fully saturated rings. The molecule has 3 atom stereocenters. The third-order valence-corrected chi connectivity index (χ3v) is 9.10. The smallest absolute Gasteiger partial charge is 0.192 e. The summed E-state index contributed by atoms with van der Waals surface area (Å²) in [6.45, 7) is 18.2. The van der Waals surface area contributed by atoms with Gasteiger partial charge in [0.25, 0.3) is 0 Å². The molecule has 21 heavy (non-hydrogen) atoms. The molecule has 4 heteroatoms. The lowest BCUT2D eigenvalue weighted by Gasteiger charge is -2.40. The Hall–Kier alpha value is -0.423. The van der Waals surface area contributed by atoms with Gasteiger partial charge in [0.2, 0.25) is 0 Å². The zero-order valence-corrected chi connectivity index (χ0v) is 15.5. The Bertz CT molecular complexity index is 303. The van der Waals surface area contributed by atoms with Crippen molar-refractivity contribution in [3.8, 4) is 0 Å². The van der Waals surface area contributed by atoms with Crippen LogP contribution in [0.5, 0.6) is 0 Å². The van der Waals surface area contributed by atoms with Crippen LogP contribution in [0, 0.1) is 0 Å². The van der Waals surface area contributed by atoms with Crippen LogP contribution in [0.25, 0.3) is 0 Å². The summed E-state index contributed by atoms with van der Waals surface area (Å²) in [4.78, 5) is 0. The summed E-state index contributed by atoms with van der Waals surface area (Å²) in [5.74, 6) is 0. The highest BCUT2D eigenvalue weighted by Gasteiger charge is 2.40. The fraction of sp³-hybridized carbons (Fsp3) is 0.765. The quantitative estimate of drug-likeness (QED) is 0.431. The van der Waals surface area contributed by atoms with Crippen LogP contribution < -0.4 is 0 Å². The van der Waals surface area contributed by atoms with Crippen LogP contribution in [0.3, 0.4) is 0 Å². The van der Waals surface area contributed by atoms with Crippen LogP contribution in [0.1, 0.15) is 41.0 Å². The minimum absolute atomic E-state index is 0.147. The van der Waals surface area contributed by atoms with Gasteiger partial charge < -0.3 is 14.3 Å².